The summed E-state index contributed by atoms with van der Waals surface area (Å²) in [5.41, 5.74) is 10.1. The van der Waals surface area contributed by atoms with Gasteiger partial charge >= 0.3 is 0 Å². The van der Waals surface area contributed by atoms with Crippen molar-refractivity contribution in [1.29, 1.82) is 0 Å². The number of imide groups is 1. The third-order valence-corrected chi connectivity index (χ3v) is 12.6. The molecule has 0 spiro atoms. The predicted molar refractivity (Wildman–Crippen MR) is 259 cm³/mol. The molecular formula is C51H60N10O9. The molecule has 0 aliphatic carbocycles. The number of fused-ring (bicyclic) bond motifs is 2. The molecule has 1 atom stereocenters. The monoisotopic (exact) mass is 956 g/mol. The number of pyridine rings is 1. The molecule has 70 heavy (non-hydrogen) atoms. The molecule has 1 unspecified atom stereocenters. The van der Waals surface area contributed by atoms with Crippen molar-refractivity contribution < 1.29 is 42.9 Å². The summed E-state index contributed by atoms with van der Waals surface area (Å²) in [6.07, 6.45) is 11.3. The Bertz CT molecular complexity index is 2620. The number of anilines is 2. The number of primary amides is 1. The fourth-order valence-corrected chi connectivity index (χ4v) is 8.93. The molecule has 5 aromatic rings. The first kappa shape index (κ1) is 49.2. The van der Waals surface area contributed by atoms with Crippen LogP contribution in [-0.2, 0) is 42.4 Å². The second kappa shape index (κ2) is 23.9. The number of nitrogens with two attached hydrogens (primary N) is 1. The van der Waals surface area contributed by atoms with Crippen LogP contribution in [0.25, 0.3) is 11.4 Å². The van der Waals surface area contributed by atoms with Crippen LogP contribution in [0.2, 0.25) is 0 Å². The number of aromatic amines is 1. The number of ether oxygens (including phenoxy) is 4. The van der Waals surface area contributed by atoms with E-state index >= 15 is 0 Å². The van der Waals surface area contributed by atoms with Crippen molar-refractivity contribution in [2.45, 2.75) is 82.3 Å². The van der Waals surface area contributed by atoms with Crippen LogP contribution in [0.3, 0.4) is 0 Å². The lowest BCUT2D eigenvalue weighted by molar-refractivity contribution is -0.137. The molecule has 368 valence electrons. The summed E-state index contributed by atoms with van der Waals surface area (Å²) in [5.74, 6) is 1.42. The second-order valence-corrected chi connectivity index (χ2v) is 17.6. The van der Waals surface area contributed by atoms with E-state index in [1.54, 1.807) is 42.7 Å². The van der Waals surface area contributed by atoms with Gasteiger partial charge in [0, 0.05) is 78.8 Å². The van der Waals surface area contributed by atoms with Gasteiger partial charge in [0.1, 0.15) is 24.1 Å². The van der Waals surface area contributed by atoms with Gasteiger partial charge in [-0.2, -0.15) is 5.10 Å². The van der Waals surface area contributed by atoms with E-state index < -0.39 is 23.4 Å². The van der Waals surface area contributed by atoms with Crippen LogP contribution in [0.4, 0.5) is 11.4 Å². The van der Waals surface area contributed by atoms with E-state index in [9.17, 15) is 24.0 Å². The van der Waals surface area contributed by atoms with E-state index in [0.29, 0.717) is 61.1 Å². The van der Waals surface area contributed by atoms with Crippen molar-refractivity contribution >= 4 is 40.9 Å². The van der Waals surface area contributed by atoms with Crippen LogP contribution < -0.4 is 36.5 Å². The molecule has 7 N–H and O–H groups in total. The Morgan fingerprint density at radius 1 is 0.886 bits per heavy atom. The Hall–Kier alpha value is -7.22. The average molecular weight is 957 g/mol. The van der Waals surface area contributed by atoms with Gasteiger partial charge < -0.3 is 45.5 Å². The van der Waals surface area contributed by atoms with Gasteiger partial charge in [0.15, 0.2) is 11.6 Å². The number of hydrogen-bond acceptors (Lipinski definition) is 14. The van der Waals surface area contributed by atoms with Crippen LogP contribution >= 0.6 is 0 Å². The third-order valence-electron chi connectivity index (χ3n) is 12.6. The topological polar surface area (TPSA) is 254 Å². The highest BCUT2D eigenvalue weighted by molar-refractivity contribution is 6.07. The Morgan fingerprint density at radius 3 is 2.51 bits per heavy atom. The van der Waals surface area contributed by atoms with Crippen LogP contribution in [0, 0.1) is 0 Å². The molecule has 2 saturated heterocycles. The fourth-order valence-electron chi connectivity index (χ4n) is 8.93. The molecule has 4 aliphatic heterocycles. The highest BCUT2D eigenvalue weighted by Gasteiger charge is 2.40. The lowest BCUT2D eigenvalue weighted by Gasteiger charge is -2.37. The minimum atomic E-state index is -0.707. The van der Waals surface area contributed by atoms with Crippen molar-refractivity contribution in [1.82, 2.24) is 35.7 Å². The van der Waals surface area contributed by atoms with Gasteiger partial charge in [-0.3, -0.25) is 39.4 Å². The Kier molecular flexibility index (Phi) is 16.8. The van der Waals surface area contributed by atoms with Crippen LogP contribution in [0.15, 0.2) is 85.2 Å². The highest BCUT2D eigenvalue weighted by Crippen LogP contribution is 2.35. The number of piperidine rings is 2. The summed E-state index contributed by atoms with van der Waals surface area (Å²) < 4.78 is 22.7. The Balaban J connectivity index is 0.000000209. The maximum absolute atomic E-state index is 12.9. The largest absolute Gasteiger partial charge is 0.494 e. The van der Waals surface area contributed by atoms with E-state index in [2.05, 4.69) is 42.5 Å². The SMILES string of the molecule is NC(=O)c1cccc(NC2(c3nc(-c4ccncc4)n[nH]3)CCNCC2)c1.O=C1CCC(N2Cc3c(NC(=O)COCCCOCCCCCOc4ccc5c(c4)CCCO5)cccc3C2=O)C(=O)N1. The van der Waals surface area contributed by atoms with Crippen molar-refractivity contribution in [2.75, 3.05) is 63.4 Å². The number of aryl methyl sites for hydroxylation is 1. The predicted octanol–water partition coefficient (Wildman–Crippen LogP) is 5.04. The molecule has 4 aliphatic rings. The van der Waals surface area contributed by atoms with Gasteiger partial charge in [-0.15, -0.1) is 0 Å². The molecule has 3 aromatic carbocycles. The first-order valence-corrected chi connectivity index (χ1v) is 24.0. The number of hydrogen-bond donors (Lipinski definition) is 6. The van der Waals surface area contributed by atoms with Crippen molar-refractivity contribution in [3.8, 4) is 22.9 Å². The number of nitrogens with zero attached hydrogens (tertiary/aromatic N) is 4. The van der Waals surface area contributed by atoms with E-state index in [4.69, 9.17) is 29.7 Å². The average Bonchev–Trinajstić information content (AvgIpc) is 4.01. The molecule has 0 saturated carbocycles. The van der Waals surface area contributed by atoms with Crippen LogP contribution in [-0.4, -0.2) is 113 Å². The van der Waals surface area contributed by atoms with Gasteiger partial charge in [-0.1, -0.05) is 12.1 Å². The van der Waals surface area contributed by atoms with Gasteiger partial charge in [0.05, 0.1) is 18.8 Å². The molecule has 6 heterocycles. The van der Waals surface area contributed by atoms with E-state index in [-0.39, 0.29) is 43.7 Å². The molecule has 2 fully saturated rings. The summed E-state index contributed by atoms with van der Waals surface area (Å²) in [4.78, 5) is 71.0. The van der Waals surface area contributed by atoms with Crippen LogP contribution in [0.5, 0.6) is 11.5 Å². The number of rotatable bonds is 20. The zero-order valence-corrected chi connectivity index (χ0v) is 39.1. The Morgan fingerprint density at radius 2 is 1.69 bits per heavy atom. The van der Waals surface area contributed by atoms with Crippen molar-refractivity contribution in [3.05, 3.63) is 113 Å². The molecule has 2 aromatic heterocycles. The van der Waals surface area contributed by atoms with Gasteiger partial charge in [-0.25, -0.2) is 4.98 Å². The lowest BCUT2D eigenvalue weighted by atomic mass is 9.87. The maximum Gasteiger partial charge on any atom is 0.255 e. The Labute approximate surface area is 406 Å². The van der Waals surface area contributed by atoms with Crippen molar-refractivity contribution in [2.24, 2.45) is 5.73 Å². The summed E-state index contributed by atoms with van der Waals surface area (Å²) in [6, 6.07) is 21.4. The number of nitrogens with one attached hydrogen (secondary N) is 5. The molecule has 19 nitrogen and oxygen atoms in total. The molecular weight excluding hydrogens is 897 g/mol. The zero-order valence-electron chi connectivity index (χ0n) is 39.1. The number of H-pyrrole nitrogens is 1. The molecule has 19 heteroatoms. The van der Waals surface area contributed by atoms with Gasteiger partial charge in [0.2, 0.25) is 23.6 Å². The summed E-state index contributed by atoms with van der Waals surface area (Å²) in [7, 11) is 0. The smallest absolute Gasteiger partial charge is 0.255 e. The molecule has 5 amide bonds. The number of aromatic nitrogens is 4. The molecule has 0 bridgehead atoms. The number of benzene rings is 3. The number of carbonyl (C=O) groups excluding carboxylic acids is 5. The number of unbranched alkanes of at least 4 members (excludes halogenated alkanes) is 2. The summed E-state index contributed by atoms with van der Waals surface area (Å²) in [5, 5.41) is 19.6. The standard InChI is InChI=1S/C32H39N3O8.C19H21N7O/c36-29-13-11-27(31(38)34-29)35-20-25-24(32(35)39)8-4-9-26(25)33-30(37)21-41-16-6-15-40-14-2-1-3-17-42-23-10-12-28-22(19-23)7-5-18-43-28;20-16(27)14-2-1-3-15(12-14)24-19(6-10-22-11-7-19)18-23-17(25-26-18)13-4-8-21-9-5-13/h4,8-10,12,19,27H,1-3,5-7,11,13-18,20-21H2,(H,33,37)(H,34,36,38);1-5,8-9,12,22,24H,6-7,10-11H2,(H2,20,27)(H,23,25,26). The second-order valence-electron chi connectivity index (χ2n) is 17.6. The van der Waals surface area contributed by atoms with Gasteiger partial charge in [0.25, 0.3) is 5.91 Å². The number of carbonyl (C=O) groups is 5. The molecule has 0 radical (unpaired) electrons. The number of amides is 5. The fraction of sp³-hybridized carbons (Fsp3) is 0.412. The minimum Gasteiger partial charge on any atom is -0.494 e. The normalized spacial score (nSPS) is 17.0. The first-order valence-electron chi connectivity index (χ1n) is 24.0. The minimum absolute atomic E-state index is 0.119. The van der Waals surface area contributed by atoms with Crippen LogP contribution in [0.1, 0.15) is 95.5 Å². The van der Waals surface area contributed by atoms with Gasteiger partial charge in [-0.05, 0) is 137 Å². The maximum atomic E-state index is 12.9. The highest BCUT2D eigenvalue weighted by atomic mass is 16.5. The quantitative estimate of drug-likeness (QED) is 0.0442. The third kappa shape index (κ3) is 12.7. The van der Waals surface area contributed by atoms with E-state index in [1.807, 2.05) is 36.4 Å². The molecule has 9 rings (SSSR count). The van der Waals surface area contributed by atoms with E-state index in [0.717, 1.165) is 93.2 Å². The first-order chi connectivity index (χ1) is 34.2. The van der Waals surface area contributed by atoms with Crippen molar-refractivity contribution in [3.63, 3.8) is 0 Å². The lowest BCUT2D eigenvalue weighted by Crippen LogP contribution is -2.52. The van der Waals surface area contributed by atoms with E-state index in [1.165, 1.54) is 10.5 Å². The zero-order chi connectivity index (χ0) is 48.7. The summed E-state index contributed by atoms with van der Waals surface area (Å²) in [6.45, 7) is 4.86. The summed E-state index contributed by atoms with van der Waals surface area (Å²) >= 11 is 0.